The van der Waals surface area contributed by atoms with Crippen molar-refractivity contribution in [3.63, 3.8) is 0 Å². The SMILES string of the molecule is CCCCOc1c(Cl)cc(C(=O)Oc2ccc3c(c2)OC(N)=C(C#N)C3c2cc(OC)c(OC)c(OC)c2)cc1Cl. The number of nitrogens with zero attached hydrogens (tertiary/aromatic N) is 1. The van der Waals surface area contributed by atoms with E-state index < -0.39 is 11.9 Å². The Labute approximate surface area is 247 Å². The average Bonchev–Trinajstić information content (AvgIpc) is 2.96. The molecule has 214 valence electrons. The summed E-state index contributed by atoms with van der Waals surface area (Å²) in [6.45, 7) is 2.50. The predicted molar refractivity (Wildman–Crippen MR) is 154 cm³/mol. The lowest BCUT2D eigenvalue weighted by atomic mass is 9.83. The van der Waals surface area contributed by atoms with Crippen LogP contribution in [0.4, 0.5) is 0 Å². The first kappa shape index (κ1) is 29.7. The number of rotatable bonds is 10. The summed E-state index contributed by atoms with van der Waals surface area (Å²) in [7, 11) is 4.51. The molecule has 1 aliphatic rings. The number of hydrogen-bond acceptors (Lipinski definition) is 9. The van der Waals surface area contributed by atoms with Crippen molar-refractivity contribution in [3.05, 3.63) is 80.7 Å². The zero-order chi connectivity index (χ0) is 29.7. The van der Waals surface area contributed by atoms with Crippen molar-refractivity contribution < 1.29 is 33.2 Å². The number of benzene rings is 3. The van der Waals surface area contributed by atoms with Crippen LogP contribution >= 0.6 is 23.2 Å². The van der Waals surface area contributed by atoms with Crippen molar-refractivity contribution in [3.8, 4) is 40.6 Å². The number of halogens is 2. The minimum absolute atomic E-state index is 0.0838. The lowest BCUT2D eigenvalue weighted by Gasteiger charge is -2.27. The molecule has 1 heterocycles. The second kappa shape index (κ2) is 12.9. The molecule has 1 aliphatic heterocycles. The Morgan fingerprint density at radius 1 is 1.00 bits per heavy atom. The fourth-order valence-electron chi connectivity index (χ4n) is 4.41. The van der Waals surface area contributed by atoms with Crippen LogP contribution < -0.4 is 34.2 Å². The van der Waals surface area contributed by atoms with E-state index in [9.17, 15) is 10.1 Å². The molecule has 1 unspecified atom stereocenters. The highest BCUT2D eigenvalue weighted by molar-refractivity contribution is 6.37. The molecule has 0 aromatic heterocycles. The van der Waals surface area contributed by atoms with Gasteiger partial charge in [0.2, 0.25) is 11.6 Å². The molecular formula is C30H28Cl2N2O7. The number of nitrogens with two attached hydrogens (primary N) is 1. The van der Waals surface area contributed by atoms with Crippen LogP contribution in [0.2, 0.25) is 10.0 Å². The molecule has 1 atom stereocenters. The number of nitriles is 1. The minimum atomic E-state index is -0.688. The summed E-state index contributed by atoms with van der Waals surface area (Å²) in [5.74, 6) is 0.637. The number of carbonyl (C=O) groups is 1. The lowest BCUT2D eigenvalue weighted by molar-refractivity contribution is 0.0734. The Hall–Kier alpha value is -4.26. The number of carbonyl (C=O) groups excluding carboxylic acids is 1. The second-order valence-corrected chi connectivity index (χ2v) is 9.76. The largest absolute Gasteiger partial charge is 0.493 e. The van der Waals surface area contributed by atoms with Crippen LogP contribution in [0.1, 0.15) is 47.2 Å². The third-order valence-corrected chi connectivity index (χ3v) is 6.96. The molecular weight excluding hydrogens is 571 g/mol. The van der Waals surface area contributed by atoms with Crippen molar-refractivity contribution >= 4 is 29.2 Å². The van der Waals surface area contributed by atoms with Gasteiger partial charge in [0.15, 0.2) is 17.2 Å². The van der Waals surface area contributed by atoms with Gasteiger partial charge < -0.3 is 34.2 Å². The van der Waals surface area contributed by atoms with Gasteiger partial charge in [-0.25, -0.2) is 4.79 Å². The number of methoxy groups -OCH3 is 3. The number of allylic oxidation sites excluding steroid dienone is 1. The Morgan fingerprint density at radius 3 is 2.22 bits per heavy atom. The molecule has 0 saturated heterocycles. The molecule has 0 fully saturated rings. The summed E-state index contributed by atoms with van der Waals surface area (Å²) >= 11 is 12.7. The highest BCUT2D eigenvalue weighted by Crippen LogP contribution is 2.47. The van der Waals surface area contributed by atoms with Crippen molar-refractivity contribution in [2.24, 2.45) is 5.73 Å². The average molecular weight is 599 g/mol. The first-order valence-corrected chi connectivity index (χ1v) is 13.4. The summed E-state index contributed by atoms with van der Waals surface area (Å²) in [4.78, 5) is 13.0. The maximum Gasteiger partial charge on any atom is 0.343 e. The summed E-state index contributed by atoms with van der Waals surface area (Å²) in [5, 5.41) is 10.3. The van der Waals surface area contributed by atoms with E-state index in [1.807, 2.05) is 6.92 Å². The zero-order valence-electron chi connectivity index (χ0n) is 22.9. The van der Waals surface area contributed by atoms with Crippen LogP contribution in [-0.4, -0.2) is 33.9 Å². The van der Waals surface area contributed by atoms with E-state index >= 15 is 0 Å². The van der Waals surface area contributed by atoms with Crippen LogP contribution in [0.5, 0.6) is 34.5 Å². The van der Waals surface area contributed by atoms with E-state index in [4.69, 9.17) is 57.4 Å². The van der Waals surface area contributed by atoms with Gasteiger partial charge in [0.25, 0.3) is 0 Å². The fraction of sp³-hybridized carbons (Fsp3) is 0.267. The van der Waals surface area contributed by atoms with E-state index in [2.05, 4.69) is 6.07 Å². The van der Waals surface area contributed by atoms with Crippen molar-refractivity contribution in [2.75, 3.05) is 27.9 Å². The Bertz CT molecular complexity index is 1500. The lowest BCUT2D eigenvalue weighted by Crippen LogP contribution is -2.21. The minimum Gasteiger partial charge on any atom is -0.493 e. The maximum atomic E-state index is 13.0. The first-order chi connectivity index (χ1) is 19.8. The standard InChI is InChI=1S/C30H28Cl2N2O7/c1-5-6-9-39-27-21(31)10-17(11-22(27)32)30(35)40-18-7-8-19-23(14-18)41-29(34)20(15-33)26(19)16-12-24(36-2)28(38-4)25(13-16)37-3/h7-8,10-14,26H,5-6,9,34H2,1-4H3. The molecule has 41 heavy (non-hydrogen) atoms. The molecule has 0 saturated carbocycles. The predicted octanol–water partition coefficient (Wildman–Crippen LogP) is 6.64. The van der Waals surface area contributed by atoms with Gasteiger partial charge in [0.05, 0.1) is 49.5 Å². The fourth-order valence-corrected chi connectivity index (χ4v) is 5.01. The summed E-state index contributed by atoms with van der Waals surface area (Å²) in [6.07, 6.45) is 1.79. The van der Waals surface area contributed by atoms with E-state index in [1.54, 1.807) is 24.3 Å². The van der Waals surface area contributed by atoms with E-state index in [0.717, 1.165) is 12.8 Å². The van der Waals surface area contributed by atoms with Crippen LogP contribution in [-0.2, 0) is 0 Å². The Kier molecular flexibility index (Phi) is 9.38. The van der Waals surface area contributed by atoms with Crippen LogP contribution in [0, 0.1) is 11.3 Å². The maximum absolute atomic E-state index is 13.0. The quantitative estimate of drug-likeness (QED) is 0.155. The number of unbranched alkanes of at least 4 members (excludes halogenated alkanes) is 1. The van der Waals surface area contributed by atoms with Crippen molar-refractivity contribution in [2.45, 2.75) is 25.7 Å². The monoisotopic (exact) mass is 598 g/mol. The van der Waals surface area contributed by atoms with Crippen molar-refractivity contribution in [1.82, 2.24) is 0 Å². The summed E-state index contributed by atoms with van der Waals surface area (Å²) in [5.41, 5.74) is 7.77. The number of fused-ring (bicyclic) bond motifs is 1. The van der Waals surface area contributed by atoms with Gasteiger partial charge in [0.1, 0.15) is 23.1 Å². The van der Waals surface area contributed by atoms with Crippen LogP contribution in [0.3, 0.4) is 0 Å². The topological polar surface area (TPSA) is 122 Å². The van der Waals surface area contributed by atoms with Crippen molar-refractivity contribution in [1.29, 1.82) is 5.26 Å². The van der Waals surface area contributed by atoms with E-state index in [0.29, 0.717) is 46.5 Å². The highest BCUT2D eigenvalue weighted by Gasteiger charge is 2.33. The van der Waals surface area contributed by atoms with Crippen LogP contribution in [0.15, 0.2) is 53.9 Å². The normalized spacial score (nSPS) is 13.9. The number of ether oxygens (including phenoxy) is 6. The Balaban J connectivity index is 1.66. The molecule has 2 N–H and O–H groups in total. The zero-order valence-corrected chi connectivity index (χ0v) is 24.4. The number of hydrogen-bond donors (Lipinski definition) is 1. The first-order valence-electron chi connectivity index (χ1n) is 12.6. The summed E-state index contributed by atoms with van der Waals surface area (Å²) < 4.78 is 33.4. The summed E-state index contributed by atoms with van der Waals surface area (Å²) in [6, 6.07) is 13.3. The van der Waals surface area contributed by atoms with Crippen LogP contribution in [0.25, 0.3) is 0 Å². The van der Waals surface area contributed by atoms with E-state index in [-0.39, 0.29) is 32.8 Å². The van der Waals surface area contributed by atoms with Gasteiger partial charge in [-0.1, -0.05) is 42.6 Å². The molecule has 9 nitrogen and oxygen atoms in total. The molecule has 0 bridgehead atoms. The number of esters is 1. The molecule has 3 aromatic rings. The smallest absolute Gasteiger partial charge is 0.343 e. The van der Waals surface area contributed by atoms with Gasteiger partial charge in [-0.05, 0) is 42.3 Å². The second-order valence-electron chi connectivity index (χ2n) is 8.94. The molecule has 0 amide bonds. The van der Waals surface area contributed by atoms with Gasteiger partial charge in [-0.15, -0.1) is 0 Å². The molecule has 11 heteroatoms. The van der Waals surface area contributed by atoms with Gasteiger partial charge in [-0.2, -0.15) is 5.26 Å². The third-order valence-electron chi connectivity index (χ3n) is 6.40. The molecule has 3 aromatic carbocycles. The molecule has 0 aliphatic carbocycles. The van der Waals surface area contributed by atoms with Gasteiger partial charge in [0, 0.05) is 11.6 Å². The molecule has 4 rings (SSSR count). The van der Waals surface area contributed by atoms with Gasteiger partial charge in [-0.3, -0.25) is 0 Å². The molecule has 0 radical (unpaired) electrons. The Morgan fingerprint density at radius 2 is 1.66 bits per heavy atom. The molecule has 0 spiro atoms. The third kappa shape index (κ3) is 6.09. The van der Waals surface area contributed by atoms with Gasteiger partial charge >= 0.3 is 5.97 Å². The van der Waals surface area contributed by atoms with E-state index in [1.165, 1.54) is 39.5 Å². The highest BCUT2D eigenvalue weighted by atomic mass is 35.5.